The van der Waals surface area contributed by atoms with Crippen LogP contribution >= 0.6 is 0 Å². The topological polar surface area (TPSA) is 98.7 Å². The van der Waals surface area contributed by atoms with Gasteiger partial charge in [0.05, 0.1) is 0 Å². The SMILES string of the molecule is CC(C(=O)NC1CCCC1CN)n1nnc(-c2ccccc2)n1. The molecule has 1 heterocycles. The maximum absolute atomic E-state index is 12.4. The molecule has 0 spiro atoms. The van der Waals surface area contributed by atoms with Gasteiger partial charge in [-0.2, -0.15) is 4.80 Å². The fourth-order valence-corrected chi connectivity index (χ4v) is 3.01. The van der Waals surface area contributed by atoms with Crippen LogP contribution in [0.5, 0.6) is 0 Å². The molecule has 3 atom stereocenters. The zero-order chi connectivity index (χ0) is 16.2. The molecule has 0 aliphatic heterocycles. The molecular weight excluding hydrogens is 292 g/mol. The fraction of sp³-hybridized carbons (Fsp3) is 0.500. The van der Waals surface area contributed by atoms with Crippen molar-refractivity contribution in [3.8, 4) is 11.4 Å². The number of carbonyl (C=O) groups excluding carboxylic acids is 1. The van der Waals surface area contributed by atoms with Crippen LogP contribution in [-0.2, 0) is 4.79 Å². The molecule has 1 aliphatic rings. The predicted octanol–water partition coefficient (Wildman–Crippen LogP) is 1.14. The van der Waals surface area contributed by atoms with Crippen molar-refractivity contribution in [1.29, 1.82) is 0 Å². The number of benzene rings is 1. The number of aromatic nitrogens is 4. The fourth-order valence-electron chi connectivity index (χ4n) is 3.01. The van der Waals surface area contributed by atoms with E-state index in [4.69, 9.17) is 5.73 Å². The molecule has 122 valence electrons. The molecule has 1 saturated carbocycles. The highest BCUT2D eigenvalue weighted by atomic mass is 16.2. The number of nitrogens with two attached hydrogens (primary N) is 1. The first kappa shape index (κ1) is 15.6. The van der Waals surface area contributed by atoms with Crippen LogP contribution < -0.4 is 11.1 Å². The molecule has 0 radical (unpaired) electrons. The molecular formula is C16H22N6O. The Labute approximate surface area is 135 Å². The Balaban J connectivity index is 1.67. The largest absolute Gasteiger partial charge is 0.351 e. The molecule has 1 aliphatic carbocycles. The van der Waals surface area contributed by atoms with E-state index in [1.54, 1.807) is 6.92 Å². The third-order valence-electron chi connectivity index (χ3n) is 4.48. The van der Waals surface area contributed by atoms with Gasteiger partial charge in [0.1, 0.15) is 6.04 Å². The van der Waals surface area contributed by atoms with Gasteiger partial charge < -0.3 is 11.1 Å². The zero-order valence-corrected chi connectivity index (χ0v) is 13.2. The van der Waals surface area contributed by atoms with Crippen LogP contribution in [0.3, 0.4) is 0 Å². The lowest BCUT2D eigenvalue weighted by molar-refractivity contribution is -0.125. The van der Waals surface area contributed by atoms with Crippen molar-refractivity contribution in [1.82, 2.24) is 25.5 Å². The molecule has 2 aromatic rings. The molecule has 7 heteroatoms. The molecule has 1 amide bonds. The Hall–Kier alpha value is -2.28. The summed E-state index contributed by atoms with van der Waals surface area (Å²) in [5.41, 5.74) is 6.64. The highest BCUT2D eigenvalue weighted by Gasteiger charge is 2.29. The Morgan fingerprint density at radius 3 is 2.91 bits per heavy atom. The summed E-state index contributed by atoms with van der Waals surface area (Å²) in [7, 11) is 0. The first-order valence-electron chi connectivity index (χ1n) is 8.04. The van der Waals surface area contributed by atoms with Gasteiger partial charge in [-0.25, -0.2) is 0 Å². The standard InChI is InChI=1S/C16H22N6O/c1-11(16(23)18-14-9-5-8-13(14)10-17)22-20-15(19-21-22)12-6-3-2-4-7-12/h2-4,6-7,11,13-14H,5,8-10,17H2,1H3,(H,18,23). The van der Waals surface area contributed by atoms with Crippen LogP contribution in [0.15, 0.2) is 30.3 Å². The Morgan fingerprint density at radius 2 is 2.17 bits per heavy atom. The quantitative estimate of drug-likeness (QED) is 0.862. The molecule has 3 rings (SSSR count). The van der Waals surface area contributed by atoms with Gasteiger partial charge in [-0.15, -0.1) is 10.2 Å². The molecule has 23 heavy (non-hydrogen) atoms. The van der Waals surface area contributed by atoms with E-state index in [0.29, 0.717) is 18.3 Å². The third-order valence-corrected chi connectivity index (χ3v) is 4.48. The van der Waals surface area contributed by atoms with Gasteiger partial charge >= 0.3 is 0 Å². The maximum atomic E-state index is 12.4. The Kier molecular flexibility index (Phi) is 4.66. The highest BCUT2D eigenvalue weighted by molar-refractivity contribution is 5.80. The molecule has 0 saturated heterocycles. The average Bonchev–Trinajstić information content (AvgIpc) is 3.24. The lowest BCUT2D eigenvalue weighted by atomic mass is 10.0. The Morgan fingerprint density at radius 1 is 1.39 bits per heavy atom. The molecule has 0 bridgehead atoms. The second kappa shape index (κ2) is 6.87. The van der Waals surface area contributed by atoms with Crippen LogP contribution in [0, 0.1) is 5.92 Å². The van der Waals surface area contributed by atoms with Crippen LogP contribution in [-0.4, -0.2) is 38.7 Å². The van der Waals surface area contributed by atoms with Crippen LogP contribution in [0.2, 0.25) is 0 Å². The first-order valence-corrected chi connectivity index (χ1v) is 8.04. The summed E-state index contributed by atoms with van der Waals surface area (Å²) in [6.07, 6.45) is 3.18. The minimum atomic E-state index is -0.501. The van der Waals surface area contributed by atoms with Gasteiger partial charge in [-0.1, -0.05) is 36.8 Å². The van der Waals surface area contributed by atoms with Crippen LogP contribution in [0.1, 0.15) is 32.2 Å². The van der Waals surface area contributed by atoms with Crippen molar-refractivity contribution in [3.05, 3.63) is 30.3 Å². The zero-order valence-electron chi connectivity index (χ0n) is 13.2. The van der Waals surface area contributed by atoms with E-state index < -0.39 is 6.04 Å². The van der Waals surface area contributed by atoms with Gasteiger partial charge in [0.2, 0.25) is 11.7 Å². The van der Waals surface area contributed by atoms with E-state index in [0.717, 1.165) is 24.8 Å². The van der Waals surface area contributed by atoms with Crippen molar-refractivity contribution in [2.24, 2.45) is 11.7 Å². The first-order chi connectivity index (χ1) is 11.2. The molecule has 1 aromatic heterocycles. The second-order valence-corrected chi connectivity index (χ2v) is 6.02. The highest BCUT2D eigenvalue weighted by Crippen LogP contribution is 2.25. The number of nitrogens with zero attached hydrogens (tertiary/aromatic N) is 4. The van der Waals surface area contributed by atoms with Gasteiger partial charge in [-0.3, -0.25) is 4.79 Å². The summed E-state index contributed by atoms with van der Waals surface area (Å²) in [5.74, 6) is 0.799. The number of amides is 1. The summed E-state index contributed by atoms with van der Waals surface area (Å²) in [6.45, 7) is 2.39. The van der Waals surface area contributed by atoms with Crippen molar-refractivity contribution in [2.75, 3.05) is 6.54 Å². The lowest BCUT2D eigenvalue weighted by Crippen LogP contribution is -2.43. The van der Waals surface area contributed by atoms with Crippen molar-refractivity contribution >= 4 is 5.91 Å². The van der Waals surface area contributed by atoms with Crippen molar-refractivity contribution in [2.45, 2.75) is 38.3 Å². The third kappa shape index (κ3) is 3.39. The predicted molar refractivity (Wildman–Crippen MR) is 86.3 cm³/mol. The van der Waals surface area contributed by atoms with Crippen LogP contribution in [0.25, 0.3) is 11.4 Å². The minimum Gasteiger partial charge on any atom is -0.351 e. The number of carbonyl (C=O) groups is 1. The van der Waals surface area contributed by atoms with E-state index >= 15 is 0 Å². The van der Waals surface area contributed by atoms with Gasteiger partial charge in [0, 0.05) is 11.6 Å². The molecule has 1 fully saturated rings. The number of nitrogens with one attached hydrogen (secondary N) is 1. The summed E-state index contributed by atoms with van der Waals surface area (Å²) in [4.78, 5) is 13.8. The number of tetrazole rings is 1. The maximum Gasteiger partial charge on any atom is 0.246 e. The van der Waals surface area contributed by atoms with E-state index in [1.165, 1.54) is 4.80 Å². The molecule has 7 nitrogen and oxygen atoms in total. The number of hydrogen-bond acceptors (Lipinski definition) is 5. The Bertz CT molecular complexity index is 656. The summed E-state index contributed by atoms with van der Waals surface area (Å²) in [5, 5.41) is 15.5. The van der Waals surface area contributed by atoms with E-state index in [1.807, 2.05) is 30.3 Å². The number of rotatable bonds is 5. The monoisotopic (exact) mass is 314 g/mol. The second-order valence-electron chi connectivity index (χ2n) is 6.02. The van der Waals surface area contributed by atoms with Crippen molar-refractivity contribution < 1.29 is 4.79 Å². The average molecular weight is 314 g/mol. The van der Waals surface area contributed by atoms with E-state index in [-0.39, 0.29) is 11.9 Å². The smallest absolute Gasteiger partial charge is 0.246 e. The molecule has 3 N–H and O–H groups in total. The van der Waals surface area contributed by atoms with Gasteiger partial charge in [0.25, 0.3) is 0 Å². The van der Waals surface area contributed by atoms with E-state index in [9.17, 15) is 4.79 Å². The van der Waals surface area contributed by atoms with E-state index in [2.05, 4.69) is 20.7 Å². The minimum absolute atomic E-state index is 0.0904. The molecule has 3 unspecified atom stereocenters. The van der Waals surface area contributed by atoms with Crippen molar-refractivity contribution in [3.63, 3.8) is 0 Å². The molecule has 1 aromatic carbocycles. The lowest BCUT2D eigenvalue weighted by Gasteiger charge is -2.21. The van der Waals surface area contributed by atoms with Gasteiger partial charge in [0.15, 0.2) is 0 Å². The van der Waals surface area contributed by atoms with Gasteiger partial charge in [-0.05, 0) is 37.4 Å². The summed E-state index contributed by atoms with van der Waals surface area (Å²) in [6, 6.07) is 9.25. The van der Waals surface area contributed by atoms with Crippen LogP contribution in [0.4, 0.5) is 0 Å². The number of hydrogen-bond donors (Lipinski definition) is 2. The summed E-state index contributed by atoms with van der Waals surface area (Å²) < 4.78 is 0. The summed E-state index contributed by atoms with van der Waals surface area (Å²) >= 11 is 0. The normalized spacial score (nSPS) is 22.0.